The third kappa shape index (κ3) is 2.37. The summed E-state index contributed by atoms with van der Waals surface area (Å²) in [5, 5.41) is 4.93. The molecule has 3 aromatic rings. The zero-order valence-electron chi connectivity index (χ0n) is 10.6. The quantitative estimate of drug-likeness (QED) is 0.760. The molecule has 0 amide bonds. The van der Waals surface area contributed by atoms with Crippen LogP contribution in [0.4, 0.5) is 0 Å². The van der Waals surface area contributed by atoms with E-state index in [1.807, 2.05) is 43.4 Å². The Hall–Kier alpha value is -1.77. The van der Waals surface area contributed by atoms with Crippen LogP contribution in [0, 0.1) is 0 Å². The average molecular weight is 272 g/mol. The van der Waals surface area contributed by atoms with Crippen molar-refractivity contribution in [3.05, 3.63) is 59.1 Å². The third-order valence-electron chi connectivity index (χ3n) is 3.13. The molecule has 0 atom stereocenters. The highest BCUT2D eigenvalue weighted by atomic mass is 35.5. The summed E-state index contributed by atoms with van der Waals surface area (Å²) in [7, 11) is 1.94. The van der Waals surface area contributed by atoms with Crippen LogP contribution in [0.3, 0.4) is 0 Å². The molecule has 96 valence electrons. The van der Waals surface area contributed by atoms with E-state index in [1.54, 1.807) is 0 Å². The van der Waals surface area contributed by atoms with Crippen molar-refractivity contribution in [3.63, 3.8) is 0 Å². The van der Waals surface area contributed by atoms with Crippen molar-refractivity contribution in [3.8, 4) is 11.3 Å². The molecule has 3 rings (SSSR count). The second kappa shape index (κ2) is 5.08. The smallest absolute Gasteiger partial charge is 0.135 e. The van der Waals surface area contributed by atoms with Gasteiger partial charge in [-0.05, 0) is 36.9 Å². The van der Waals surface area contributed by atoms with Crippen LogP contribution in [-0.2, 0) is 6.54 Å². The minimum atomic E-state index is 0.725. The van der Waals surface area contributed by atoms with Crippen LogP contribution in [-0.4, -0.2) is 7.05 Å². The zero-order chi connectivity index (χ0) is 13.2. The van der Waals surface area contributed by atoms with Gasteiger partial charge in [-0.1, -0.05) is 35.9 Å². The highest BCUT2D eigenvalue weighted by Gasteiger charge is 2.10. The number of halogens is 1. The van der Waals surface area contributed by atoms with Crippen LogP contribution in [0.15, 0.2) is 52.9 Å². The van der Waals surface area contributed by atoms with Gasteiger partial charge in [0.1, 0.15) is 11.3 Å². The summed E-state index contributed by atoms with van der Waals surface area (Å²) in [6, 6.07) is 15.9. The summed E-state index contributed by atoms with van der Waals surface area (Å²) >= 11 is 6.00. The van der Waals surface area contributed by atoms with Gasteiger partial charge in [-0.2, -0.15) is 0 Å². The summed E-state index contributed by atoms with van der Waals surface area (Å²) in [6.45, 7) is 0.813. The molecule has 2 aromatic carbocycles. The maximum Gasteiger partial charge on any atom is 0.135 e. The Morgan fingerprint density at radius 3 is 2.79 bits per heavy atom. The van der Waals surface area contributed by atoms with E-state index in [0.717, 1.165) is 33.9 Å². The van der Waals surface area contributed by atoms with Crippen molar-refractivity contribution in [2.45, 2.75) is 6.54 Å². The standard InChI is InChI=1S/C16H14ClNO/c1-18-10-11-4-2-3-5-14(11)16-9-12-8-13(17)6-7-15(12)19-16/h2-9,18H,10H2,1H3. The van der Waals surface area contributed by atoms with E-state index in [9.17, 15) is 0 Å². The number of fused-ring (bicyclic) bond motifs is 1. The minimum Gasteiger partial charge on any atom is -0.456 e. The average Bonchev–Trinajstić information content (AvgIpc) is 2.82. The van der Waals surface area contributed by atoms with Crippen LogP contribution in [0.25, 0.3) is 22.3 Å². The number of nitrogens with one attached hydrogen (secondary N) is 1. The van der Waals surface area contributed by atoms with Gasteiger partial charge in [0, 0.05) is 22.5 Å². The number of benzene rings is 2. The van der Waals surface area contributed by atoms with Crippen LogP contribution in [0.2, 0.25) is 5.02 Å². The van der Waals surface area contributed by atoms with E-state index in [4.69, 9.17) is 16.0 Å². The fourth-order valence-corrected chi connectivity index (χ4v) is 2.43. The van der Waals surface area contributed by atoms with Gasteiger partial charge in [0.25, 0.3) is 0 Å². The summed E-state index contributed by atoms with van der Waals surface area (Å²) < 4.78 is 5.91. The number of furan rings is 1. The highest BCUT2D eigenvalue weighted by Crippen LogP contribution is 2.31. The molecule has 0 aliphatic rings. The van der Waals surface area contributed by atoms with E-state index in [2.05, 4.69) is 17.4 Å². The second-order valence-electron chi connectivity index (χ2n) is 4.48. The monoisotopic (exact) mass is 271 g/mol. The Morgan fingerprint density at radius 2 is 1.95 bits per heavy atom. The highest BCUT2D eigenvalue weighted by molar-refractivity contribution is 6.31. The normalized spacial score (nSPS) is 11.1. The molecule has 1 heterocycles. The van der Waals surface area contributed by atoms with E-state index in [-0.39, 0.29) is 0 Å². The molecule has 1 N–H and O–H groups in total. The van der Waals surface area contributed by atoms with E-state index >= 15 is 0 Å². The molecule has 0 aliphatic heterocycles. The summed E-state index contributed by atoms with van der Waals surface area (Å²) in [5.74, 6) is 0.878. The molecule has 3 heteroatoms. The lowest BCUT2D eigenvalue weighted by atomic mass is 10.1. The molecule has 0 spiro atoms. The first-order chi connectivity index (χ1) is 9.28. The van der Waals surface area contributed by atoms with Crippen LogP contribution >= 0.6 is 11.6 Å². The van der Waals surface area contributed by atoms with E-state index in [0.29, 0.717) is 0 Å². The maximum atomic E-state index is 6.00. The van der Waals surface area contributed by atoms with Gasteiger partial charge in [-0.3, -0.25) is 0 Å². The summed E-state index contributed by atoms with van der Waals surface area (Å²) in [5.41, 5.74) is 3.19. The zero-order valence-corrected chi connectivity index (χ0v) is 11.4. The Labute approximate surface area is 117 Å². The number of rotatable bonds is 3. The Bertz CT molecular complexity index is 718. The SMILES string of the molecule is CNCc1ccccc1-c1cc2cc(Cl)ccc2o1. The van der Waals surface area contributed by atoms with Gasteiger partial charge < -0.3 is 9.73 Å². The molecular formula is C16H14ClNO. The first kappa shape index (κ1) is 12.3. The molecular weight excluding hydrogens is 258 g/mol. The molecule has 1 aromatic heterocycles. The third-order valence-corrected chi connectivity index (χ3v) is 3.36. The lowest BCUT2D eigenvalue weighted by Gasteiger charge is -2.05. The molecule has 0 saturated carbocycles. The Morgan fingerprint density at radius 1 is 1.11 bits per heavy atom. The van der Waals surface area contributed by atoms with Crippen molar-refractivity contribution < 1.29 is 4.42 Å². The fourth-order valence-electron chi connectivity index (χ4n) is 2.25. The molecule has 0 saturated heterocycles. The van der Waals surface area contributed by atoms with Crippen LogP contribution < -0.4 is 5.32 Å². The molecule has 0 radical (unpaired) electrons. The first-order valence-corrected chi connectivity index (χ1v) is 6.58. The summed E-state index contributed by atoms with van der Waals surface area (Å²) in [6.07, 6.45) is 0. The van der Waals surface area contributed by atoms with Gasteiger partial charge >= 0.3 is 0 Å². The van der Waals surface area contributed by atoms with Gasteiger partial charge in [0.2, 0.25) is 0 Å². The topological polar surface area (TPSA) is 25.2 Å². The van der Waals surface area contributed by atoms with E-state index in [1.165, 1.54) is 5.56 Å². The Balaban J connectivity index is 2.13. The van der Waals surface area contributed by atoms with Gasteiger partial charge in [0.05, 0.1) is 0 Å². The lowest BCUT2D eigenvalue weighted by Crippen LogP contribution is -2.05. The number of hydrogen-bond acceptors (Lipinski definition) is 2. The maximum absolute atomic E-state index is 6.00. The van der Waals surface area contributed by atoms with E-state index < -0.39 is 0 Å². The van der Waals surface area contributed by atoms with Gasteiger partial charge in [-0.25, -0.2) is 0 Å². The molecule has 0 unspecified atom stereocenters. The van der Waals surface area contributed by atoms with Crippen LogP contribution in [0.1, 0.15) is 5.56 Å². The lowest BCUT2D eigenvalue weighted by molar-refractivity contribution is 0.630. The second-order valence-corrected chi connectivity index (χ2v) is 4.92. The number of hydrogen-bond donors (Lipinski definition) is 1. The van der Waals surface area contributed by atoms with Crippen molar-refractivity contribution >= 4 is 22.6 Å². The summed E-state index contributed by atoms with van der Waals surface area (Å²) in [4.78, 5) is 0. The molecule has 2 nitrogen and oxygen atoms in total. The molecule has 0 bridgehead atoms. The molecule has 0 aliphatic carbocycles. The predicted molar refractivity (Wildman–Crippen MR) is 79.4 cm³/mol. The van der Waals surface area contributed by atoms with Crippen molar-refractivity contribution in [2.24, 2.45) is 0 Å². The largest absolute Gasteiger partial charge is 0.456 e. The molecule has 19 heavy (non-hydrogen) atoms. The fraction of sp³-hybridized carbons (Fsp3) is 0.125. The molecule has 0 fully saturated rings. The minimum absolute atomic E-state index is 0.725. The van der Waals surface area contributed by atoms with Crippen molar-refractivity contribution in [1.82, 2.24) is 5.32 Å². The predicted octanol–water partition coefficient (Wildman–Crippen LogP) is 4.47. The van der Waals surface area contributed by atoms with Gasteiger partial charge in [0.15, 0.2) is 0 Å². The first-order valence-electron chi connectivity index (χ1n) is 6.20. The Kier molecular flexibility index (Phi) is 3.28. The van der Waals surface area contributed by atoms with Crippen LogP contribution in [0.5, 0.6) is 0 Å². The van der Waals surface area contributed by atoms with Crippen molar-refractivity contribution in [1.29, 1.82) is 0 Å². The van der Waals surface area contributed by atoms with Crippen molar-refractivity contribution in [2.75, 3.05) is 7.05 Å². The van der Waals surface area contributed by atoms with Gasteiger partial charge in [-0.15, -0.1) is 0 Å².